The highest BCUT2D eigenvalue weighted by Crippen LogP contribution is 2.30. The summed E-state index contributed by atoms with van der Waals surface area (Å²) in [6.07, 6.45) is 3.99. The molecular weight excluding hydrogens is 264 g/mol. The zero-order chi connectivity index (χ0) is 16.0. The molecule has 1 aliphatic carbocycles. The third-order valence-corrected chi connectivity index (χ3v) is 3.38. The van der Waals surface area contributed by atoms with Crippen LogP contribution in [0.25, 0.3) is 0 Å². The van der Waals surface area contributed by atoms with Gasteiger partial charge in [-0.2, -0.15) is 0 Å². The van der Waals surface area contributed by atoms with Gasteiger partial charge >= 0.3 is 0 Å². The molecule has 2 rings (SSSR count). The number of nitrogens with zero attached hydrogens (tertiary/aromatic N) is 1. The van der Waals surface area contributed by atoms with Crippen molar-refractivity contribution in [2.24, 2.45) is 5.92 Å². The predicted octanol–water partition coefficient (Wildman–Crippen LogP) is 4.17. The second kappa shape index (κ2) is 7.91. The van der Waals surface area contributed by atoms with Gasteiger partial charge in [0.1, 0.15) is 5.82 Å². The lowest BCUT2D eigenvalue weighted by molar-refractivity contribution is -0.117. The first-order valence-electron chi connectivity index (χ1n) is 7.87. The van der Waals surface area contributed by atoms with Crippen LogP contribution in [0.15, 0.2) is 12.3 Å². The zero-order valence-corrected chi connectivity index (χ0v) is 13.7. The van der Waals surface area contributed by atoms with Crippen LogP contribution in [0, 0.1) is 5.92 Å². The second-order valence-corrected chi connectivity index (χ2v) is 5.35. The van der Waals surface area contributed by atoms with E-state index in [9.17, 15) is 9.59 Å². The highest BCUT2D eigenvalue weighted by atomic mass is 16.2. The van der Waals surface area contributed by atoms with E-state index in [1.54, 1.807) is 6.20 Å². The van der Waals surface area contributed by atoms with Gasteiger partial charge in [0.25, 0.3) is 0 Å². The number of carbonyl (C=O) groups is 2. The fourth-order valence-electron chi connectivity index (χ4n) is 2.01. The fraction of sp³-hybridized carbons (Fsp3) is 0.588. The van der Waals surface area contributed by atoms with Gasteiger partial charge < -0.3 is 5.32 Å². The number of rotatable bonds is 5. The summed E-state index contributed by atoms with van der Waals surface area (Å²) in [5.74, 6) is 1.06. The van der Waals surface area contributed by atoms with Crippen molar-refractivity contribution in [3.63, 3.8) is 0 Å². The molecule has 1 fully saturated rings. The molecule has 0 aromatic carbocycles. The van der Waals surface area contributed by atoms with Gasteiger partial charge in [0.15, 0.2) is 5.78 Å². The Kier molecular flexibility index (Phi) is 6.53. The van der Waals surface area contributed by atoms with E-state index >= 15 is 0 Å². The molecule has 1 amide bonds. The first-order chi connectivity index (χ1) is 10.0. The Balaban J connectivity index is 0.00000106. The monoisotopic (exact) mass is 290 g/mol. The molecule has 4 nitrogen and oxygen atoms in total. The number of Topliss-reactive ketones (excluding diaryl/α,β-unsaturated/α-hetero) is 1. The van der Waals surface area contributed by atoms with Crippen molar-refractivity contribution in [3.8, 4) is 0 Å². The SMILES string of the molecule is CC.CCC(=O)c1cnc(NC(=O)C2CC2)cc1C(C)C. The molecule has 0 aliphatic heterocycles. The Hall–Kier alpha value is -1.71. The van der Waals surface area contributed by atoms with Gasteiger partial charge in [0.2, 0.25) is 5.91 Å². The summed E-state index contributed by atoms with van der Waals surface area (Å²) in [4.78, 5) is 27.8. The minimum absolute atomic E-state index is 0.0387. The van der Waals surface area contributed by atoms with Crippen molar-refractivity contribution in [1.29, 1.82) is 0 Å². The van der Waals surface area contributed by atoms with Gasteiger partial charge in [-0.15, -0.1) is 0 Å². The van der Waals surface area contributed by atoms with Crippen molar-refractivity contribution < 1.29 is 9.59 Å². The molecule has 0 bridgehead atoms. The number of carbonyl (C=O) groups excluding carboxylic acids is 2. The molecule has 1 heterocycles. The summed E-state index contributed by atoms with van der Waals surface area (Å²) in [6.45, 7) is 9.91. The van der Waals surface area contributed by atoms with Crippen LogP contribution in [0.4, 0.5) is 5.82 Å². The molecule has 1 N–H and O–H groups in total. The molecule has 4 heteroatoms. The molecule has 0 spiro atoms. The maximum absolute atomic E-state index is 11.9. The van der Waals surface area contributed by atoms with Crippen LogP contribution < -0.4 is 5.32 Å². The van der Waals surface area contributed by atoms with Gasteiger partial charge in [-0.05, 0) is 30.4 Å². The van der Waals surface area contributed by atoms with Crippen LogP contribution in [0.1, 0.15) is 75.7 Å². The van der Waals surface area contributed by atoms with Crippen LogP contribution in [0.5, 0.6) is 0 Å². The van der Waals surface area contributed by atoms with Gasteiger partial charge in [0.05, 0.1) is 0 Å². The Morgan fingerprint density at radius 3 is 2.43 bits per heavy atom. The number of hydrogen-bond acceptors (Lipinski definition) is 3. The van der Waals surface area contributed by atoms with E-state index in [1.165, 1.54) is 0 Å². The summed E-state index contributed by atoms with van der Waals surface area (Å²) < 4.78 is 0. The molecule has 1 aromatic heterocycles. The Morgan fingerprint density at radius 2 is 1.95 bits per heavy atom. The minimum Gasteiger partial charge on any atom is -0.310 e. The van der Waals surface area contributed by atoms with Crippen LogP contribution in [-0.2, 0) is 4.79 Å². The molecular formula is C17H26N2O2. The third kappa shape index (κ3) is 4.66. The smallest absolute Gasteiger partial charge is 0.228 e. The number of aromatic nitrogens is 1. The summed E-state index contributed by atoms with van der Waals surface area (Å²) in [5.41, 5.74) is 1.62. The van der Waals surface area contributed by atoms with Gasteiger partial charge in [-0.1, -0.05) is 34.6 Å². The predicted molar refractivity (Wildman–Crippen MR) is 85.6 cm³/mol. The number of anilines is 1. The normalized spacial score (nSPS) is 13.4. The first kappa shape index (κ1) is 17.3. The standard InChI is InChI=1S/C15H20N2O2.C2H6/c1-4-13(18)12-8-16-14(7-11(12)9(2)3)17-15(19)10-5-6-10;1-2/h7-10H,4-6H2,1-3H3,(H,16,17,19);1-2H3. The van der Waals surface area contributed by atoms with E-state index in [2.05, 4.69) is 10.3 Å². The van der Waals surface area contributed by atoms with E-state index < -0.39 is 0 Å². The molecule has 0 atom stereocenters. The molecule has 1 saturated carbocycles. The van der Waals surface area contributed by atoms with Crippen molar-refractivity contribution in [1.82, 2.24) is 4.98 Å². The van der Waals surface area contributed by atoms with Crippen molar-refractivity contribution in [2.45, 2.75) is 59.8 Å². The van der Waals surface area contributed by atoms with Gasteiger partial charge in [0, 0.05) is 24.1 Å². The Labute approximate surface area is 127 Å². The average Bonchev–Trinajstić information content (AvgIpc) is 3.33. The lowest BCUT2D eigenvalue weighted by Crippen LogP contribution is -2.15. The van der Waals surface area contributed by atoms with Crippen LogP contribution in [0.2, 0.25) is 0 Å². The lowest BCUT2D eigenvalue weighted by atomic mass is 9.95. The van der Waals surface area contributed by atoms with Crippen LogP contribution in [-0.4, -0.2) is 16.7 Å². The summed E-state index contributed by atoms with van der Waals surface area (Å²) in [5, 5.41) is 2.82. The summed E-state index contributed by atoms with van der Waals surface area (Å²) >= 11 is 0. The topological polar surface area (TPSA) is 59.1 Å². The second-order valence-electron chi connectivity index (χ2n) is 5.35. The fourth-order valence-corrected chi connectivity index (χ4v) is 2.01. The van der Waals surface area contributed by atoms with Crippen LogP contribution >= 0.6 is 0 Å². The van der Waals surface area contributed by atoms with E-state index in [1.807, 2.05) is 40.7 Å². The molecule has 1 aromatic rings. The molecule has 21 heavy (non-hydrogen) atoms. The number of hydrogen-bond donors (Lipinski definition) is 1. The van der Waals surface area contributed by atoms with Crippen molar-refractivity contribution >= 4 is 17.5 Å². The molecule has 0 unspecified atom stereocenters. The largest absolute Gasteiger partial charge is 0.310 e. The van der Waals surface area contributed by atoms with Crippen molar-refractivity contribution in [3.05, 3.63) is 23.4 Å². The van der Waals surface area contributed by atoms with E-state index in [0.29, 0.717) is 17.8 Å². The lowest BCUT2D eigenvalue weighted by Gasteiger charge is -2.13. The minimum atomic E-state index is 0.0387. The molecule has 116 valence electrons. The molecule has 0 radical (unpaired) electrons. The van der Waals surface area contributed by atoms with E-state index in [4.69, 9.17) is 0 Å². The maximum atomic E-state index is 11.9. The zero-order valence-electron chi connectivity index (χ0n) is 13.7. The highest BCUT2D eigenvalue weighted by molar-refractivity contribution is 5.98. The number of nitrogens with one attached hydrogen (secondary N) is 1. The number of ketones is 1. The van der Waals surface area contributed by atoms with Crippen molar-refractivity contribution in [2.75, 3.05) is 5.32 Å². The average molecular weight is 290 g/mol. The van der Waals surface area contributed by atoms with Gasteiger partial charge in [-0.3, -0.25) is 9.59 Å². The Bertz CT molecular complexity index is 506. The maximum Gasteiger partial charge on any atom is 0.228 e. The number of pyridine rings is 1. The third-order valence-electron chi connectivity index (χ3n) is 3.38. The van der Waals surface area contributed by atoms with Gasteiger partial charge in [-0.25, -0.2) is 4.98 Å². The van der Waals surface area contributed by atoms with E-state index in [-0.39, 0.29) is 23.5 Å². The summed E-state index contributed by atoms with van der Waals surface area (Å²) in [6, 6.07) is 1.83. The Morgan fingerprint density at radius 1 is 1.33 bits per heavy atom. The van der Waals surface area contributed by atoms with E-state index in [0.717, 1.165) is 18.4 Å². The number of amides is 1. The first-order valence-corrected chi connectivity index (χ1v) is 7.87. The molecule has 1 aliphatic rings. The summed E-state index contributed by atoms with van der Waals surface area (Å²) in [7, 11) is 0. The highest BCUT2D eigenvalue weighted by Gasteiger charge is 2.30. The van der Waals surface area contributed by atoms with Crippen LogP contribution in [0.3, 0.4) is 0 Å². The quantitative estimate of drug-likeness (QED) is 0.828. The molecule has 0 saturated heterocycles.